The van der Waals surface area contributed by atoms with E-state index in [0.29, 0.717) is 28.8 Å². The van der Waals surface area contributed by atoms with Gasteiger partial charge in [0.25, 0.3) is 0 Å². The molecule has 2 atom stereocenters. The van der Waals surface area contributed by atoms with Crippen LogP contribution in [-0.4, -0.2) is 5.11 Å². The molecule has 0 saturated heterocycles. The minimum atomic E-state index is -1.05. The Morgan fingerprint density at radius 3 is 2.81 bits per heavy atom. The van der Waals surface area contributed by atoms with Gasteiger partial charge in [-0.1, -0.05) is 24.6 Å². The summed E-state index contributed by atoms with van der Waals surface area (Å²) in [7, 11) is 0. The van der Waals surface area contributed by atoms with E-state index in [1.807, 2.05) is 0 Å². The Morgan fingerprint density at radius 2 is 2.25 bits per heavy atom. The van der Waals surface area contributed by atoms with E-state index in [4.69, 9.17) is 11.6 Å². The van der Waals surface area contributed by atoms with Gasteiger partial charge in [0.2, 0.25) is 0 Å². The standard InChI is InChI=1S/C12H13BrClFO/c1-7-4-5-12(16,6-7)8-2-3-9(13)10(14)11(8)15/h2-3,7,16H,4-6H2,1H3. The van der Waals surface area contributed by atoms with Crippen LogP contribution >= 0.6 is 27.5 Å². The molecule has 1 aromatic carbocycles. The van der Waals surface area contributed by atoms with Gasteiger partial charge in [-0.3, -0.25) is 0 Å². The van der Waals surface area contributed by atoms with Gasteiger partial charge in [0.1, 0.15) is 5.82 Å². The van der Waals surface area contributed by atoms with E-state index in [0.717, 1.165) is 6.42 Å². The van der Waals surface area contributed by atoms with Crippen molar-refractivity contribution >= 4 is 27.5 Å². The SMILES string of the molecule is CC1CCC(O)(c2ccc(Br)c(Cl)c2F)C1. The van der Waals surface area contributed by atoms with Crippen LogP contribution in [0.4, 0.5) is 4.39 Å². The summed E-state index contributed by atoms with van der Waals surface area (Å²) in [5.74, 6) is -0.0838. The molecular weight excluding hydrogens is 294 g/mol. The van der Waals surface area contributed by atoms with Crippen LogP contribution in [-0.2, 0) is 5.60 Å². The second kappa shape index (κ2) is 4.28. The van der Waals surface area contributed by atoms with Crippen LogP contribution < -0.4 is 0 Å². The van der Waals surface area contributed by atoms with E-state index < -0.39 is 11.4 Å². The maximum atomic E-state index is 14.0. The molecule has 0 aromatic heterocycles. The van der Waals surface area contributed by atoms with Gasteiger partial charge in [-0.15, -0.1) is 0 Å². The smallest absolute Gasteiger partial charge is 0.149 e. The van der Waals surface area contributed by atoms with Crippen LogP contribution in [0.25, 0.3) is 0 Å². The molecule has 0 aliphatic heterocycles. The third-order valence-electron chi connectivity index (χ3n) is 3.27. The van der Waals surface area contributed by atoms with Crippen LogP contribution in [0.5, 0.6) is 0 Å². The number of benzene rings is 1. The Balaban J connectivity index is 2.45. The molecule has 1 N–H and O–H groups in total. The molecule has 16 heavy (non-hydrogen) atoms. The van der Waals surface area contributed by atoms with Crippen molar-refractivity contribution in [3.63, 3.8) is 0 Å². The first kappa shape index (κ1) is 12.3. The highest BCUT2D eigenvalue weighted by atomic mass is 79.9. The van der Waals surface area contributed by atoms with Crippen LogP contribution in [0, 0.1) is 11.7 Å². The molecule has 1 fully saturated rings. The second-order valence-electron chi connectivity index (χ2n) is 4.60. The average molecular weight is 308 g/mol. The number of rotatable bonds is 1. The molecule has 1 aliphatic carbocycles. The summed E-state index contributed by atoms with van der Waals surface area (Å²) in [4.78, 5) is 0. The first-order valence-corrected chi connectivity index (χ1v) is 6.47. The molecule has 1 aromatic rings. The van der Waals surface area contributed by atoms with E-state index in [1.165, 1.54) is 0 Å². The Hall–Kier alpha value is -0.120. The fraction of sp³-hybridized carbons (Fsp3) is 0.500. The normalized spacial score (nSPS) is 29.7. The van der Waals surface area contributed by atoms with Gasteiger partial charge in [0.05, 0.1) is 10.6 Å². The Labute approximate surface area is 108 Å². The molecule has 4 heteroatoms. The monoisotopic (exact) mass is 306 g/mol. The number of hydrogen-bond acceptors (Lipinski definition) is 1. The summed E-state index contributed by atoms with van der Waals surface area (Å²) < 4.78 is 14.5. The predicted molar refractivity (Wildman–Crippen MR) is 66.0 cm³/mol. The highest BCUT2D eigenvalue weighted by Gasteiger charge is 2.39. The summed E-state index contributed by atoms with van der Waals surface area (Å²) in [5, 5.41) is 10.5. The highest BCUT2D eigenvalue weighted by molar-refractivity contribution is 9.10. The molecule has 2 unspecified atom stereocenters. The van der Waals surface area contributed by atoms with Gasteiger partial charge in [-0.2, -0.15) is 0 Å². The lowest BCUT2D eigenvalue weighted by Crippen LogP contribution is -2.23. The summed E-state index contributed by atoms with van der Waals surface area (Å²) in [5.41, 5.74) is -0.724. The minimum absolute atomic E-state index is 0.0467. The third kappa shape index (κ3) is 2.01. The van der Waals surface area contributed by atoms with Gasteiger partial charge in [0, 0.05) is 10.0 Å². The van der Waals surface area contributed by atoms with Crippen molar-refractivity contribution in [2.24, 2.45) is 5.92 Å². The van der Waals surface area contributed by atoms with E-state index in [2.05, 4.69) is 22.9 Å². The lowest BCUT2D eigenvalue weighted by atomic mass is 9.91. The average Bonchev–Trinajstić information content (AvgIpc) is 2.56. The minimum Gasteiger partial charge on any atom is -0.385 e. The van der Waals surface area contributed by atoms with E-state index >= 15 is 0 Å². The largest absolute Gasteiger partial charge is 0.385 e. The Kier molecular flexibility index (Phi) is 3.30. The topological polar surface area (TPSA) is 20.2 Å². The van der Waals surface area contributed by atoms with Gasteiger partial charge < -0.3 is 5.11 Å². The first-order valence-electron chi connectivity index (χ1n) is 5.30. The molecule has 1 saturated carbocycles. The van der Waals surface area contributed by atoms with Crippen molar-refractivity contribution in [2.75, 3.05) is 0 Å². The quantitative estimate of drug-likeness (QED) is 0.769. The first-order chi connectivity index (χ1) is 7.44. The van der Waals surface area contributed by atoms with Gasteiger partial charge in [0.15, 0.2) is 0 Å². The lowest BCUT2D eigenvalue weighted by Gasteiger charge is -2.24. The zero-order valence-electron chi connectivity index (χ0n) is 8.93. The molecule has 0 spiro atoms. The zero-order chi connectivity index (χ0) is 11.9. The van der Waals surface area contributed by atoms with Crippen molar-refractivity contribution in [1.82, 2.24) is 0 Å². The summed E-state index contributed by atoms with van der Waals surface area (Å²) in [6.07, 6.45) is 2.12. The molecule has 0 heterocycles. The Morgan fingerprint density at radius 1 is 1.56 bits per heavy atom. The maximum absolute atomic E-state index is 14.0. The molecule has 1 nitrogen and oxygen atoms in total. The molecule has 88 valence electrons. The van der Waals surface area contributed by atoms with Crippen LogP contribution in [0.2, 0.25) is 5.02 Å². The Bertz CT molecular complexity index is 424. The van der Waals surface area contributed by atoms with Crippen molar-refractivity contribution in [1.29, 1.82) is 0 Å². The zero-order valence-corrected chi connectivity index (χ0v) is 11.3. The molecule has 0 bridgehead atoms. The molecule has 0 radical (unpaired) electrons. The highest BCUT2D eigenvalue weighted by Crippen LogP contribution is 2.44. The number of hydrogen-bond donors (Lipinski definition) is 1. The fourth-order valence-corrected chi connectivity index (χ4v) is 2.87. The van der Waals surface area contributed by atoms with E-state index in [-0.39, 0.29) is 5.02 Å². The van der Waals surface area contributed by atoms with Crippen molar-refractivity contribution in [3.05, 3.63) is 33.0 Å². The van der Waals surface area contributed by atoms with Gasteiger partial charge in [-0.05, 0) is 47.2 Å². The van der Waals surface area contributed by atoms with E-state index in [9.17, 15) is 9.50 Å². The van der Waals surface area contributed by atoms with Crippen molar-refractivity contribution in [2.45, 2.75) is 31.8 Å². The molecule has 2 rings (SSSR count). The fourth-order valence-electron chi connectivity index (χ4n) is 2.40. The molecule has 1 aliphatic rings. The van der Waals surface area contributed by atoms with Crippen LogP contribution in [0.3, 0.4) is 0 Å². The maximum Gasteiger partial charge on any atom is 0.149 e. The lowest BCUT2D eigenvalue weighted by molar-refractivity contribution is 0.0371. The van der Waals surface area contributed by atoms with Gasteiger partial charge >= 0.3 is 0 Å². The summed E-state index contributed by atoms with van der Waals surface area (Å²) in [6.45, 7) is 2.07. The van der Waals surface area contributed by atoms with Crippen LogP contribution in [0.1, 0.15) is 31.7 Å². The summed E-state index contributed by atoms with van der Waals surface area (Å²) in [6, 6.07) is 3.30. The molecule has 0 amide bonds. The predicted octanol–water partition coefficient (Wildman–Crippen LogP) is 4.25. The van der Waals surface area contributed by atoms with Crippen molar-refractivity contribution < 1.29 is 9.50 Å². The third-order valence-corrected chi connectivity index (χ3v) is 4.53. The van der Waals surface area contributed by atoms with Gasteiger partial charge in [-0.25, -0.2) is 4.39 Å². The van der Waals surface area contributed by atoms with Crippen molar-refractivity contribution in [3.8, 4) is 0 Å². The van der Waals surface area contributed by atoms with E-state index in [1.54, 1.807) is 12.1 Å². The summed E-state index contributed by atoms with van der Waals surface area (Å²) >= 11 is 8.99. The number of halogens is 3. The second-order valence-corrected chi connectivity index (χ2v) is 5.83. The number of aliphatic hydroxyl groups is 1. The molecular formula is C12H13BrClFO. The van der Waals surface area contributed by atoms with Crippen LogP contribution in [0.15, 0.2) is 16.6 Å².